The van der Waals surface area contributed by atoms with Gasteiger partial charge >= 0.3 is 0 Å². The molecule has 0 unspecified atom stereocenters. The molecule has 2 rings (SSSR count). The molecule has 0 saturated heterocycles. The molecule has 3 nitrogen and oxygen atoms in total. The van der Waals surface area contributed by atoms with Crippen LogP contribution in [0.2, 0.25) is 5.02 Å². The molecule has 0 aliphatic carbocycles. The Kier molecular flexibility index (Phi) is 7.67. The number of nitrogens with zero attached hydrogens (tertiary/aromatic N) is 3. The lowest BCUT2D eigenvalue weighted by atomic mass is 10.1. The molecule has 1 radical (unpaired) electrons. The maximum atomic E-state index is 5.94. The molecule has 22 heavy (non-hydrogen) atoms. The van der Waals surface area contributed by atoms with E-state index in [-0.39, 0.29) is 0 Å². The summed E-state index contributed by atoms with van der Waals surface area (Å²) in [6.07, 6.45) is 9.06. The lowest BCUT2D eigenvalue weighted by Gasteiger charge is -2.23. The molecule has 0 atom stereocenters. The van der Waals surface area contributed by atoms with E-state index in [2.05, 4.69) is 32.7 Å². The number of hydrogen-bond donors (Lipinski definition) is 0. The highest BCUT2D eigenvalue weighted by Gasteiger charge is 2.09. The Labute approximate surface area is 142 Å². The van der Waals surface area contributed by atoms with Crippen LogP contribution in [-0.4, -0.2) is 23.1 Å². The summed E-state index contributed by atoms with van der Waals surface area (Å²) in [5.74, 6) is 0.999. The van der Waals surface area contributed by atoms with E-state index in [9.17, 15) is 0 Å². The van der Waals surface area contributed by atoms with Crippen molar-refractivity contribution in [1.82, 2.24) is 9.97 Å². The SMILES string of the molecule is CCCCCCCN(CCc1cs[c]n1)c1ccc(Cl)cn1. The summed E-state index contributed by atoms with van der Waals surface area (Å²) in [4.78, 5) is 11.0. The van der Waals surface area contributed by atoms with Crippen molar-refractivity contribution in [2.75, 3.05) is 18.0 Å². The molecule has 0 aliphatic rings. The van der Waals surface area contributed by atoms with Crippen molar-refractivity contribution in [3.63, 3.8) is 0 Å². The number of rotatable bonds is 10. The first-order chi connectivity index (χ1) is 10.8. The van der Waals surface area contributed by atoms with Gasteiger partial charge in [0.15, 0.2) is 5.51 Å². The molecule has 0 aliphatic heterocycles. The Morgan fingerprint density at radius 2 is 2.05 bits per heavy atom. The van der Waals surface area contributed by atoms with Gasteiger partial charge in [0.1, 0.15) is 5.82 Å². The molecule has 2 aromatic rings. The number of aromatic nitrogens is 2. The van der Waals surface area contributed by atoms with Crippen molar-refractivity contribution in [2.45, 2.75) is 45.4 Å². The second kappa shape index (κ2) is 9.80. The van der Waals surface area contributed by atoms with Crippen LogP contribution in [-0.2, 0) is 6.42 Å². The fourth-order valence-corrected chi connectivity index (χ4v) is 3.01. The molecule has 0 bridgehead atoms. The van der Waals surface area contributed by atoms with E-state index in [4.69, 9.17) is 11.6 Å². The van der Waals surface area contributed by atoms with Gasteiger partial charge in [0, 0.05) is 31.1 Å². The molecule has 119 valence electrons. The van der Waals surface area contributed by atoms with Crippen LogP contribution < -0.4 is 4.90 Å². The number of pyridine rings is 1. The van der Waals surface area contributed by atoms with E-state index in [0.717, 1.165) is 31.0 Å². The zero-order valence-electron chi connectivity index (χ0n) is 13.1. The zero-order valence-corrected chi connectivity index (χ0v) is 14.7. The predicted octanol–water partition coefficient (Wildman–Crippen LogP) is 5.01. The summed E-state index contributed by atoms with van der Waals surface area (Å²) in [7, 11) is 0. The third-order valence-corrected chi connectivity index (χ3v) is 4.45. The minimum absolute atomic E-state index is 0.681. The smallest absolute Gasteiger partial charge is 0.152 e. The van der Waals surface area contributed by atoms with Crippen molar-refractivity contribution in [3.05, 3.63) is 39.9 Å². The highest BCUT2D eigenvalue weighted by molar-refractivity contribution is 7.07. The molecule has 2 aromatic heterocycles. The first kappa shape index (κ1) is 17.2. The van der Waals surface area contributed by atoms with Gasteiger partial charge in [0.05, 0.1) is 10.7 Å². The Balaban J connectivity index is 1.89. The van der Waals surface area contributed by atoms with E-state index in [1.165, 1.54) is 43.4 Å². The van der Waals surface area contributed by atoms with Gasteiger partial charge in [-0.1, -0.05) is 44.2 Å². The molecule has 2 heterocycles. The van der Waals surface area contributed by atoms with Crippen LogP contribution in [0.3, 0.4) is 0 Å². The van der Waals surface area contributed by atoms with E-state index in [1.807, 2.05) is 12.1 Å². The summed E-state index contributed by atoms with van der Waals surface area (Å²) in [6, 6.07) is 3.91. The van der Waals surface area contributed by atoms with E-state index >= 15 is 0 Å². The van der Waals surface area contributed by atoms with Crippen LogP contribution >= 0.6 is 22.9 Å². The van der Waals surface area contributed by atoms with Gasteiger partial charge < -0.3 is 4.90 Å². The van der Waals surface area contributed by atoms with Gasteiger partial charge in [-0.15, -0.1) is 11.3 Å². The van der Waals surface area contributed by atoms with Crippen LogP contribution in [0, 0.1) is 5.51 Å². The average Bonchev–Trinajstić information content (AvgIpc) is 3.04. The fourth-order valence-electron chi connectivity index (χ4n) is 2.37. The Bertz CT molecular complexity index is 513. The van der Waals surface area contributed by atoms with Crippen molar-refractivity contribution >= 4 is 28.8 Å². The number of unbranched alkanes of at least 4 members (excludes halogenated alkanes) is 4. The number of anilines is 1. The third kappa shape index (κ3) is 5.93. The average molecular weight is 337 g/mol. The van der Waals surface area contributed by atoms with Gasteiger partial charge in [-0.3, -0.25) is 0 Å². The first-order valence-electron chi connectivity index (χ1n) is 7.96. The summed E-state index contributed by atoms with van der Waals surface area (Å²) in [6.45, 7) is 4.21. The van der Waals surface area contributed by atoms with Crippen molar-refractivity contribution in [3.8, 4) is 0 Å². The maximum Gasteiger partial charge on any atom is 0.152 e. The minimum Gasteiger partial charge on any atom is -0.356 e. The van der Waals surface area contributed by atoms with Crippen molar-refractivity contribution < 1.29 is 0 Å². The van der Waals surface area contributed by atoms with Gasteiger partial charge in [-0.05, 0) is 18.6 Å². The molecular weight excluding hydrogens is 314 g/mol. The number of hydrogen-bond acceptors (Lipinski definition) is 4. The summed E-state index contributed by atoms with van der Waals surface area (Å²) in [5, 5.41) is 2.75. The normalized spacial score (nSPS) is 10.8. The van der Waals surface area contributed by atoms with E-state index < -0.39 is 0 Å². The second-order valence-corrected chi connectivity index (χ2v) is 6.51. The Morgan fingerprint density at radius 1 is 1.18 bits per heavy atom. The summed E-state index contributed by atoms with van der Waals surface area (Å²) < 4.78 is 0. The number of halogens is 1. The summed E-state index contributed by atoms with van der Waals surface area (Å²) >= 11 is 7.47. The third-order valence-electron chi connectivity index (χ3n) is 3.64. The molecule has 0 fully saturated rings. The van der Waals surface area contributed by atoms with Crippen LogP contribution in [0.1, 0.15) is 44.7 Å². The van der Waals surface area contributed by atoms with Gasteiger partial charge in [-0.25, -0.2) is 9.97 Å². The lowest BCUT2D eigenvalue weighted by molar-refractivity contribution is 0.614. The highest BCUT2D eigenvalue weighted by atomic mass is 35.5. The highest BCUT2D eigenvalue weighted by Crippen LogP contribution is 2.16. The van der Waals surface area contributed by atoms with Crippen LogP contribution in [0.4, 0.5) is 5.82 Å². The molecule has 0 aromatic carbocycles. The topological polar surface area (TPSA) is 29.0 Å². The predicted molar refractivity (Wildman–Crippen MR) is 94.9 cm³/mol. The Morgan fingerprint density at radius 3 is 2.73 bits per heavy atom. The number of thiazole rings is 1. The molecule has 0 saturated carbocycles. The van der Waals surface area contributed by atoms with Crippen molar-refractivity contribution in [2.24, 2.45) is 0 Å². The summed E-state index contributed by atoms with van der Waals surface area (Å²) in [5.41, 5.74) is 4.01. The molecule has 0 spiro atoms. The van der Waals surface area contributed by atoms with Gasteiger partial charge in [0.25, 0.3) is 0 Å². The molecule has 0 N–H and O–H groups in total. The van der Waals surface area contributed by atoms with Crippen LogP contribution in [0.25, 0.3) is 0 Å². The zero-order chi connectivity index (χ0) is 15.6. The second-order valence-electron chi connectivity index (χ2n) is 5.42. The van der Waals surface area contributed by atoms with Crippen LogP contribution in [0.5, 0.6) is 0 Å². The van der Waals surface area contributed by atoms with Gasteiger partial charge in [0.2, 0.25) is 0 Å². The van der Waals surface area contributed by atoms with Crippen molar-refractivity contribution in [1.29, 1.82) is 0 Å². The van der Waals surface area contributed by atoms with Crippen LogP contribution in [0.15, 0.2) is 23.7 Å². The monoisotopic (exact) mass is 336 g/mol. The Hall–Kier alpha value is -1.13. The maximum absolute atomic E-state index is 5.94. The van der Waals surface area contributed by atoms with Gasteiger partial charge in [-0.2, -0.15) is 0 Å². The van der Waals surface area contributed by atoms with E-state index in [1.54, 1.807) is 6.20 Å². The fraction of sp³-hybridized carbons (Fsp3) is 0.529. The minimum atomic E-state index is 0.681. The first-order valence-corrected chi connectivity index (χ1v) is 9.22. The van der Waals surface area contributed by atoms with E-state index in [0.29, 0.717) is 5.02 Å². The molecular formula is C17H23ClN3S. The quantitative estimate of drug-likeness (QED) is 0.571. The molecule has 0 amide bonds. The molecule has 5 heteroatoms. The standard InChI is InChI=1S/C17H23ClN3S/c1-2-3-4-5-6-10-21(11-9-16-13-22-14-20-16)17-8-7-15(18)12-19-17/h7-8,12-13H,2-6,9-11H2,1H3. The largest absolute Gasteiger partial charge is 0.356 e. The lowest BCUT2D eigenvalue weighted by Crippen LogP contribution is -2.28.